The highest BCUT2D eigenvalue weighted by Gasteiger charge is 2.23. The molecule has 110 valence electrons. The summed E-state index contributed by atoms with van der Waals surface area (Å²) in [5, 5.41) is 3.17. The van der Waals surface area contributed by atoms with Crippen molar-refractivity contribution in [1.82, 2.24) is 0 Å². The van der Waals surface area contributed by atoms with Crippen LogP contribution in [0.4, 0.5) is 15.8 Å². The van der Waals surface area contributed by atoms with Gasteiger partial charge in [-0.25, -0.2) is 12.8 Å². The molecular weight excluding hydrogens is 291 g/mol. The van der Waals surface area contributed by atoms with Crippen molar-refractivity contribution < 1.29 is 12.8 Å². The average Bonchev–Trinajstić information content (AvgIpc) is 2.94. The van der Waals surface area contributed by atoms with E-state index in [-0.39, 0.29) is 4.90 Å². The van der Waals surface area contributed by atoms with E-state index in [0.717, 1.165) is 28.5 Å². The molecule has 2 aromatic carbocycles. The second-order valence-electron chi connectivity index (χ2n) is 4.94. The molecule has 0 unspecified atom stereocenters. The van der Waals surface area contributed by atoms with Crippen LogP contribution in [-0.2, 0) is 16.4 Å². The molecule has 0 radical (unpaired) electrons. The molecule has 3 rings (SSSR count). The van der Waals surface area contributed by atoms with E-state index < -0.39 is 15.8 Å². The van der Waals surface area contributed by atoms with Crippen LogP contribution >= 0.6 is 0 Å². The predicted octanol–water partition coefficient (Wildman–Crippen LogP) is 2.62. The quantitative estimate of drug-likeness (QED) is 0.948. The number of nitrogens with zero attached hydrogens (tertiary/aromatic N) is 1. The van der Waals surface area contributed by atoms with E-state index in [4.69, 9.17) is 0 Å². The minimum atomic E-state index is -3.66. The summed E-state index contributed by atoms with van der Waals surface area (Å²) in [6.07, 6.45) is 0.906. The summed E-state index contributed by atoms with van der Waals surface area (Å²) in [7, 11) is -2.19. The lowest BCUT2D eigenvalue weighted by Gasteiger charge is -2.20. The Bertz CT molecular complexity index is 773. The number of halogens is 1. The molecule has 0 aliphatic carbocycles. The Labute approximate surface area is 123 Å². The van der Waals surface area contributed by atoms with E-state index in [1.165, 1.54) is 31.3 Å². The highest BCUT2D eigenvalue weighted by molar-refractivity contribution is 7.92. The topological polar surface area (TPSA) is 49.4 Å². The molecule has 0 amide bonds. The molecule has 0 atom stereocenters. The van der Waals surface area contributed by atoms with Crippen LogP contribution < -0.4 is 9.62 Å². The molecule has 1 aliphatic rings. The number of hydrogen-bond acceptors (Lipinski definition) is 3. The van der Waals surface area contributed by atoms with Crippen molar-refractivity contribution in [3.63, 3.8) is 0 Å². The van der Waals surface area contributed by atoms with E-state index in [1.807, 2.05) is 6.07 Å². The van der Waals surface area contributed by atoms with Gasteiger partial charge in [0.05, 0.1) is 10.6 Å². The Morgan fingerprint density at radius 1 is 1.14 bits per heavy atom. The Hall–Kier alpha value is -2.08. The second-order valence-corrected chi connectivity index (χ2v) is 6.91. The monoisotopic (exact) mass is 306 g/mol. The molecule has 1 heterocycles. The van der Waals surface area contributed by atoms with Crippen molar-refractivity contribution in [3.8, 4) is 0 Å². The molecule has 4 nitrogen and oxygen atoms in total. The molecule has 0 saturated carbocycles. The molecular formula is C15H15FN2O2S. The van der Waals surface area contributed by atoms with E-state index in [1.54, 1.807) is 12.1 Å². The molecule has 0 spiro atoms. The molecule has 1 aliphatic heterocycles. The summed E-state index contributed by atoms with van der Waals surface area (Å²) in [6.45, 7) is 0.826. The first-order valence-electron chi connectivity index (χ1n) is 6.60. The normalized spacial score (nSPS) is 13.6. The zero-order valence-corrected chi connectivity index (χ0v) is 12.3. The minimum Gasteiger partial charge on any atom is -0.384 e. The molecule has 21 heavy (non-hydrogen) atoms. The van der Waals surface area contributed by atoms with E-state index >= 15 is 0 Å². The van der Waals surface area contributed by atoms with Gasteiger partial charge in [-0.05, 0) is 48.4 Å². The minimum absolute atomic E-state index is 0.225. The summed E-state index contributed by atoms with van der Waals surface area (Å²) in [5.74, 6) is -0.397. The van der Waals surface area contributed by atoms with Gasteiger partial charge in [0.15, 0.2) is 0 Å². The van der Waals surface area contributed by atoms with Gasteiger partial charge in [-0.3, -0.25) is 4.31 Å². The zero-order valence-electron chi connectivity index (χ0n) is 11.5. The summed E-state index contributed by atoms with van der Waals surface area (Å²) >= 11 is 0. The fourth-order valence-electron chi connectivity index (χ4n) is 2.38. The Morgan fingerprint density at radius 3 is 2.57 bits per heavy atom. The Kier molecular flexibility index (Phi) is 3.33. The molecule has 0 saturated heterocycles. The van der Waals surface area contributed by atoms with Crippen molar-refractivity contribution in [2.24, 2.45) is 0 Å². The lowest BCUT2D eigenvalue weighted by Crippen LogP contribution is -2.26. The Morgan fingerprint density at radius 2 is 1.86 bits per heavy atom. The summed E-state index contributed by atoms with van der Waals surface area (Å²) in [5.41, 5.74) is 2.41. The Balaban J connectivity index is 1.98. The fraction of sp³-hybridized carbons (Fsp3) is 0.200. The maximum atomic E-state index is 12.9. The van der Waals surface area contributed by atoms with Crippen LogP contribution in [0.25, 0.3) is 0 Å². The number of nitrogens with one attached hydrogen (secondary N) is 1. The second kappa shape index (κ2) is 5.04. The average molecular weight is 306 g/mol. The highest BCUT2D eigenvalue weighted by atomic mass is 32.2. The van der Waals surface area contributed by atoms with Gasteiger partial charge in [0.25, 0.3) is 10.0 Å². The smallest absolute Gasteiger partial charge is 0.264 e. The van der Waals surface area contributed by atoms with Crippen LogP contribution in [0.5, 0.6) is 0 Å². The number of rotatable bonds is 3. The van der Waals surface area contributed by atoms with E-state index in [0.29, 0.717) is 5.69 Å². The number of sulfonamides is 1. The van der Waals surface area contributed by atoms with Gasteiger partial charge in [-0.2, -0.15) is 0 Å². The number of benzene rings is 2. The van der Waals surface area contributed by atoms with Gasteiger partial charge in [0.1, 0.15) is 5.82 Å². The van der Waals surface area contributed by atoms with Crippen LogP contribution in [0.15, 0.2) is 47.4 Å². The lowest BCUT2D eigenvalue weighted by molar-refractivity contribution is 0.594. The van der Waals surface area contributed by atoms with Crippen LogP contribution in [-0.4, -0.2) is 22.0 Å². The van der Waals surface area contributed by atoms with Crippen LogP contribution in [0.1, 0.15) is 5.56 Å². The molecule has 0 aromatic heterocycles. The van der Waals surface area contributed by atoms with E-state index in [2.05, 4.69) is 5.32 Å². The number of fused-ring (bicyclic) bond motifs is 1. The highest BCUT2D eigenvalue weighted by Crippen LogP contribution is 2.28. The van der Waals surface area contributed by atoms with Gasteiger partial charge in [0, 0.05) is 19.3 Å². The third kappa shape index (κ3) is 2.47. The third-order valence-corrected chi connectivity index (χ3v) is 5.42. The van der Waals surface area contributed by atoms with Crippen molar-refractivity contribution in [1.29, 1.82) is 0 Å². The van der Waals surface area contributed by atoms with Crippen molar-refractivity contribution >= 4 is 21.4 Å². The fourth-order valence-corrected chi connectivity index (χ4v) is 3.60. The predicted molar refractivity (Wildman–Crippen MR) is 80.6 cm³/mol. The first kappa shape index (κ1) is 13.9. The number of anilines is 2. The first-order chi connectivity index (χ1) is 9.98. The molecule has 0 bridgehead atoms. The van der Waals surface area contributed by atoms with Gasteiger partial charge >= 0.3 is 0 Å². The van der Waals surface area contributed by atoms with Gasteiger partial charge < -0.3 is 5.32 Å². The molecule has 2 aromatic rings. The third-order valence-electron chi connectivity index (χ3n) is 3.64. The van der Waals surface area contributed by atoms with E-state index in [9.17, 15) is 12.8 Å². The number of hydrogen-bond donors (Lipinski definition) is 1. The maximum Gasteiger partial charge on any atom is 0.264 e. The summed E-state index contributed by atoms with van der Waals surface area (Å²) < 4.78 is 39.3. The largest absolute Gasteiger partial charge is 0.384 e. The SMILES string of the molecule is CN(c1ccc(F)cc1)S(=O)(=O)c1ccc2c(c1)NCC2. The van der Waals surface area contributed by atoms with Crippen molar-refractivity contribution in [2.75, 3.05) is 23.2 Å². The van der Waals surface area contributed by atoms with Crippen molar-refractivity contribution in [2.45, 2.75) is 11.3 Å². The van der Waals surface area contributed by atoms with Crippen LogP contribution in [0, 0.1) is 5.82 Å². The van der Waals surface area contributed by atoms with Gasteiger partial charge in [-0.15, -0.1) is 0 Å². The van der Waals surface area contributed by atoms with Gasteiger partial charge in [0.2, 0.25) is 0 Å². The summed E-state index contributed by atoms with van der Waals surface area (Å²) in [4.78, 5) is 0.225. The molecule has 6 heteroatoms. The lowest BCUT2D eigenvalue weighted by atomic mass is 10.2. The van der Waals surface area contributed by atoms with Crippen LogP contribution in [0.3, 0.4) is 0 Å². The van der Waals surface area contributed by atoms with Crippen molar-refractivity contribution in [3.05, 3.63) is 53.8 Å². The van der Waals surface area contributed by atoms with Gasteiger partial charge in [-0.1, -0.05) is 6.07 Å². The van der Waals surface area contributed by atoms with Crippen LogP contribution in [0.2, 0.25) is 0 Å². The molecule has 0 fully saturated rings. The standard InChI is InChI=1S/C15H15FN2O2S/c1-18(13-5-3-12(16)4-6-13)21(19,20)14-7-2-11-8-9-17-15(11)10-14/h2-7,10,17H,8-9H2,1H3. The maximum absolute atomic E-state index is 12.9. The molecule has 1 N–H and O–H groups in total. The summed E-state index contributed by atoms with van der Waals surface area (Å²) in [6, 6.07) is 10.5. The first-order valence-corrected chi connectivity index (χ1v) is 8.04. The zero-order chi connectivity index (χ0) is 15.0.